The predicted molar refractivity (Wildman–Crippen MR) is 85.9 cm³/mol. The average molecular weight is 319 g/mol. The molecule has 0 unspecified atom stereocenters. The molecular weight excluding hydrogens is 290 g/mol. The molecule has 1 spiro atoms. The van der Waals surface area contributed by atoms with Gasteiger partial charge in [0.05, 0.1) is 18.1 Å². The van der Waals surface area contributed by atoms with Crippen molar-refractivity contribution >= 4 is 5.97 Å². The second kappa shape index (κ2) is 4.95. The zero-order valence-electron chi connectivity index (χ0n) is 14.3. The van der Waals surface area contributed by atoms with E-state index in [1.807, 2.05) is 0 Å². The minimum absolute atomic E-state index is 0.0833. The highest BCUT2D eigenvalue weighted by Gasteiger charge is 2.65. The second-order valence-corrected chi connectivity index (χ2v) is 9.11. The Labute approximate surface area is 138 Å². The van der Waals surface area contributed by atoms with Crippen LogP contribution >= 0.6 is 0 Å². The third-order valence-corrected chi connectivity index (χ3v) is 7.73. The van der Waals surface area contributed by atoms with Crippen molar-refractivity contribution in [1.29, 1.82) is 0 Å². The number of ether oxygens (including phenoxy) is 2. The summed E-state index contributed by atoms with van der Waals surface area (Å²) in [5.41, 5.74) is 0.487. The van der Waals surface area contributed by atoms with Crippen LogP contribution in [-0.2, 0) is 14.3 Å². The van der Waals surface area contributed by atoms with Gasteiger partial charge in [0, 0.05) is 12.5 Å². The molecule has 5 rings (SSSR count). The van der Waals surface area contributed by atoms with E-state index in [1.54, 1.807) is 0 Å². The van der Waals surface area contributed by atoms with Crippen LogP contribution in [0.25, 0.3) is 0 Å². The standard InChI is InChI=1S/C19H29NO3/c1-18-5-4-6-19(12-22-19)16(18)9-13-14(11-20-7-2-3-8-20)17(21)23-15(13)10-18/h13-16H,2-12H2,1H3/t13-,14-,15-,16-,18-,19+/m1/s1. The highest BCUT2D eigenvalue weighted by molar-refractivity contribution is 5.75. The molecule has 128 valence electrons. The van der Waals surface area contributed by atoms with Gasteiger partial charge < -0.3 is 14.4 Å². The molecular formula is C19H29NO3. The van der Waals surface area contributed by atoms with E-state index in [4.69, 9.17) is 9.47 Å². The van der Waals surface area contributed by atoms with Crippen LogP contribution in [0.2, 0.25) is 0 Å². The van der Waals surface area contributed by atoms with Crippen LogP contribution in [0.5, 0.6) is 0 Å². The van der Waals surface area contributed by atoms with Gasteiger partial charge in [-0.15, -0.1) is 0 Å². The topological polar surface area (TPSA) is 42.1 Å². The first-order chi connectivity index (χ1) is 11.1. The molecule has 4 nitrogen and oxygen atoms in total. The Kier molecular flexibility index (Phi) is 3.17. The van der Waals surface area contributed by atoms with E-state index in [-0.39, 0.29) is 23.6 Å². The quantitative estimate of drug-likeness (QED) is 0.579. The van der Waals surface area contributed by atoms with Crippen LogP contribution < -0.4 is 0 Å². The van der Waals surface area contributed by atoms with Crippen LogP contribution in [0.15, 0.2) is 0 Å². The van der Waals surface area contributed by atoms with Crippen LogP contribution in [0.3, 0.4) is 0 Å². The summed E-state index contributed by atoms with van der Waals surface area (Å²) in [7, 11) is 0. The fraction of sp³-hybridized carbons (Fsp3) is 0.947. The van der Waals surface area contributed by atoms with Crippen LogP contribution in [-0.4, -0.2) is 48.8 Å². The summed E-state index contributed by atoms with van der Waals surface area (Å²) in [5, 5.41) is 0. The van der Waals surface area contributed by atoms with Gasteiger partial charge in [0.15, 0.2) is 0 Å². The average Bonchev–Trinajstić information content (AvgIpc) is 2.97. The van der Waals surface area contributed by atoms with Crippen molar-refractivity contribution < 1.29 is 14.3 Å². The molecule has 3 aliphatic heterocycles. The van der Waals surface area contributed by atoms with Gasteiger partial charge in [0.1, 0.15) is 6.10 Å². The number of rotatable bonds is 2. The number of likely N-dealkylation sites (tertiary alicyclic amines) is 1. The van der Waals surface area contributed by atoms with Crippen molar-refractivity contribution in [2.24, 2.45) is 23.2 Å². The number of carbonyl (C=O) groups is 1. The predicted octanol–water partition coefficient (Wildman–Crippen LogP) is 2.61. The first-order valence-electron chi connectivity index (χ1n) is 9.67. The largest absolute Gasteiger partial charge is 0.462 e. The Morgan fingerprint density at radius 1 is 1.22 bits per heavy atom. The van der Waals surface area contributed by atoms with E-state index in [0.29, 0.717) is 17.3 Å². The maximum absolute atomic E-state index is 12.5. The maximum atomic E-state index is 12.5. The number of hydrogen-bond acceptors (Lipinski definition) is 4. The molecule has 23 heavy (non-hydrogen) atoms. The lowest BCUT2D eigenvalue weighted by molar-refractivity contribution is -0.147. The number of esters is 1. The van der Waals surface area contributed by atoms with E-state index in [1.165, 1.54) is 32.1 Å². The fourth-order valence-electron chi connectivity index (χ4n) is 6.41. The number of nitrogens with zero attached hydrogens (tertiary/aromatic N) is 1. The summed E-state index contributed by atoms with van der Waals surface area (Å²) in [6.07, 6.45) is 8.74. The number of epoxide rings is 1. The Balaban J connectivity index is 1.38. The van der Waals surface area contributed by atoms with E-state index in [2.05, 4.69) is 11.8 Å². The maximum Gasteiger partial charge on any atom is 0.310 e. The van der Waals surface area contributed by atoms with E-state index in [0.717, 1.165) is 39.1 Å². The lowest BCUT2D eigenvalue weighted by Gasteiger charge is -2.51. The van der Waals surface area contributed by atoms with Crippen LogP contribution in [0, 0.1) is 23.2 Å². The van der Waals surface area contributed by atoms with Gasteiger partial charge in [-0.25, -0.2) is 0 Å². The molecule has 0 aromatic heterocycles. The van der Waals surface area contributed by atoms with E-state index in [9.17, 15) is 4.79 Å². The van der Waals surface area contributed by atoms with Crippen molar-refractivity contribution in [3.8, 4) is 0 Å². The number of fused-ring (bicyclic) bond motifs is 3. The molecule has 0 radical (unpaired) electrons. The lowest BCUT2D eigenvalue weighted by atomic mass is 9.53. The molecule has 0 aromatic carbocycles. The Morgan fingerprint density at radius 2 is 2.00 bits per heavy atom. The zero-order chi connectivity index (χ0) is 15.7. The Morgan fingerprint density at radius 3 is 2.74 bits per heavy atom. The fourth-order valence-corrected chi connectivity index (χ4v) is 6.41. The molecule has 2 saturated carbocycles. The molecule has 2 aliphatic carbocycles. The summed E-state index contributed by atoms with van der Waals surface area (Å²) < 4.78 is 11.9. The van der Waals surface area contributed by atoms with E-state index >= 15 is 0 Å². The smallest absolute Gasteiger partial charge is 0.310 e. The first-order valence-corrected chi connectivity index (χ1v) is 9.67. The zero-order valence-corrected chi connectivity index (χ0v) is 14.3. The van der Waals surface area contributed by atoms with Gasteiger partial charge in [-0.05, 0) is 69.4 Å². The molecule has 6 atom stereocenters. The molecule has 4 heteroatoms. The molecule has 0 aromatic rings. The molecule has 3 saturated heterocycles. The van der Waals surface area contributed by atoms with Gasteiger partial charge in [-0.1, -0.05) is 6.92 Å². The van der Waals surface area contributed by atoms with Gasteiger partial charge in [-0.3, -0.25) is 4.79 Å². The molecule has 3 heterocycles. The van der Waals surface area contributed by atoms with Gasteiger partial charge in [-0.2, -0.15) is 0 Å². The van der Waals surface area contributed by atoms with Crippen molar-refractivity contribution in [3.05, 3.63) is 0 Å². The minimum atomic E-state index is 0.0833. The van der Waals surface area contributed by atoms with E-state index < -0.39 is 0 Å². The third kappa shape index (κ3) is 2.21. The normalized spacial score (nSPS) is 52.3. The summed E-state index contributed by atoms with van der Waals surface area (Å²) in [6.45, 7) is 6.64. The Bertz CT molecular complexity index is 511. The second-order valence-electron chi connectivity index (χ2n) is 9.11. The van der Waals surface area contributed by atoms with Crippen LogP contribution in [0.4, 0.5) is 0 Å². The SMILES string of the molecule is C[C@]12CCC[C@]3(CO3)[C@@H]1C[C@H]1[C@@H](C2)OC(=O)[C@@H]1CN1CCCC1. The first kappa shape index (κ1) is 14.7. The van der Waals surface area contributed by atoms with Gasteiger partial charge in [0.25, 0.3) is 0 Å². The summed E-state index contributed by atoms with van der Waals surface area (Å²) in [6, 6.07) is 0. The highest BCUT2D eigenvalue weighted by Crippen LogP contribution is 2.62. The Hall–Kier alpha value is -0.610. The van der Waals surface area contributed by atoms with Crippen molar-refractivity contribution in [1.82, 2.24) is 4.90 Å². The van der Waals surface area contributed by atoms with Gasteiger partial charge >= 0.3 is 5.97 Å². The number of carbonyl (C=O) groups excluding carboxylic acids is 1. The van der Waals surface area contributed by atoms with Crippen molar-refractivity contribution in [2.45, 2.75) is 63.6 Å². The lowest BCUT2D eigenvalue weighted by Crippen LogP contribution is -2.51. The molecule has 5 aliphatic rings. The summed E-state index contributed by atoms with van der Waals surface area (Å²) in [5.74, 6) is 1.27. The molecule has 0 bridgehead atoms. The summed E-state index contributed by atoms with van der Waals surface area (Å²) in [4.78, 5) is 15.0. The molecule has 5 fully saturated rings. The van der Waals surface area contributed by atoms with Gasteiger partial charge in [0.2, 0.25) is 0 Å². The summed E-state index contributed by atoms with van der Waals surface area (Å²) >= 11 is 0. The molecule has 0 amide bonds. The monoisotopic (exact) mass is 319 g/mol. The molecule has 0 N–H and O–H groups in total. The van der Waals surface area contributed by atoms with Crippen molar-refractivity contribution in [3.63, 3.8) is 0 Å². The minimum Gasteiger partial charge on any atom is -0.462 e. The number of hydrogen-bond donors (Lipinski definition) is 0. The highest BCUT2D eigenvalue weighted by atomic mass is 16.6. The third-order valence-electron chi connectivity index (χ3n) is 7.73. The van der Waals surface area contributed by atoms with Crippen LogP contribution in [0.1, 0.15) is 51.9 Å². The van der Waals surface area contributed by atoms with Crippen molar-refractivity contribution in [2.75, 3.05) is 26.2 Å².